The molecule has 2 rings (SSSR count). The van der Waals surface area contributed by atoms with Crippen LogP contribution in [0.3, 0.4) is 0 Å². The van der Waals surface area contributed by atoms with Gasteiger partial charge < -0.3 is 9.88 Å². The molecule has 0 unspecified atom stereocenters. The van der Waals surface area contributed by atoms with E-state index in [4.69, 9.17) is 11.6 Å². The molecule has 1 aromatic carbocycles. The fourth-order valence-corrected chi connectivity index (χ4v) is 1.82. The summed E-state index contributed by atoms with van der Waals surface area (Å²) in [6, 6.07) is 6.48. The Morgan fingerprint density at radius 1 is 1.39 bits per heavy atom. The summed E-state index contributed by atoms with van der Waals surface area (Å²) in [6.07, 6.45) is 3.84. The lowest BCUT2D eigenvalue weighted by Gasteiger charge is -2.05. The molecule has 0 bridgehead atoms. The zero-order valence-electron chi connectivity index (χ0n) is 10.9. The van der Waals surface area contributed by atoms with E-state index in [9.17, 15) is 0 Å². The maximum atomic E-state index is 6.13. The highest BCUT2D eigenvalue weighted by Gasteiger charge is 2.03. The maximum Gasteiger partial charge on any atom is 0.0995 e. The Bertz CT molecular complexity index is 532. The van der Waals surface area contributed by atoms with Crippen LogP contribution in [0.4, 0.5) is 0 Å². The predicted octanol–water partition coefficient (Wildman–Crippen LogP) is 3.33. The lowest BCUT2D eigenvalue weighted by Crippen LogP contribution is -2.21. The Morgan fingerprint density at radius 2 is 2.17 bits per heavy atom. The second-order valence-electron chi connectivity index (χ2n) is 4.74. The topological polar surface area (TPSA) is 29.9 Å². The van der Waals surface area contributed by atoms with Crippen molar-refractivity contribution in [2.45, 2.75) is 33.4 Å². The smallest absolute Gasteiger partial charge is 0.0995 e. The van der Waals surface area contributed by atoms with Crippen molar-refractivity contribution in [2.75, 3.05) is 0 Å². The number of rotatable bonds is 4. The van der Waals surface area contributed by atoms with Gasteiger partial charge in [-0.1, -0.05) is 31.5 Å². The number of hydrogen-bond acceptors (Lipinski definition) is 2. The quantitative estimate of drug-likeness (QED) is 0.917. The summed E-state index contributed by atoms with van der Waals surface area (Å²) >= 11 is 6.13. The molecular weight excluding hydrogens is 246 g/mol. The van der Waals surface area contributed by atoms with Gasteiger partial charge in [0.25, 0.3) is 0 Å². The van der Waals surface area contributed by atoms with Gasteiger partial charge in [0.1, 0.15) is 0 Å². The summed E-state index contributed by atoms with van der Waals surface area (Å²) in [6.45, 7) is 7.02. The van der Waals surface area contributed by atoms with E-state index in [1.165, 1.54) is 0 Å². The summed E-state index contributed by atoms with van der Waals surface area (Å²) in [4.78, 5) is 4.37. The van der Waals surface area contributed by atoms with Gasteiger partial charge in [0.15, 0.2) is 0 Å². The van der Waals surface area contributed by atoms with Crippen molar-refractivity contribution in [2.24, 2.45) is 0 Å². The summed E-state index contributed by atoms with van der Waals surface area (Å²) < 4.78 is 1.99. The first-order valence-electron chi connectivity index (χ1n) is 6.09. The molecule has 1 N–H and O–H groups in total. The van der Waals surface area contributed by atoms with E-state index >= 15 is 0 Å². The minimum absolute atomic E-state index is 0.462. The van der Waals surface area contributed by atoms with Crippen LogP contribution < -0.4 is 5.32 Å². The highest BCUT2D eigenvalue weighted by molar-refractivity contribution is 6.31. The van der Waals surface area contributed by atoms with Crippen molar-refractivity contribution in [1.29, 1.82) is 0 Å². The first-order valence-corrected chi connectivity index (χ1v) is 6.47. The molecule has 0 atom stereocenters. The maximum absolute atomic E-state index is 6.13. The van der Waals surface area contributed by atoms with Crippen LogP contribution in [-0.2, 0) is 6.54 Å². The fourth-order valence-electron chi connectivity index (χ4n) is 1.65. The van der Waals surface area contributed by atoms with Crippen LogP contribution in [0.15, 0.2) is 30.7 Å². The number of nitrogens with zero attached hydrogens (tertiary/aromatic N) is 2. The van der Waals surface area contributed by atoms with Crippen molar-refractivity contribution in [1.82, 2.24) is 14.9 Å². The summed E-state index contributed by atoms with van der Waals surface area (Å²) in [7, 11) is 0. The molecule has 0 aliphatic rings. The minimum atomic E-state index is 0.462. The summed E-state index contributed by atoms with van der Waals surface area (Å²) in [5.74, 6) is 0. The van der Waals surface area contributed by atoms with Gasteiger partial charge in [0, 0.05) is 29.5 Å². The lowest BCUT2D eigenvalue weighted by molar-refractivity contribution is 0.582. The molecular formula is C14H18ClN3. The van der Waals surface area contributed by atoms with Crippen LogP contribution in [0.1, 0.15) is 25.1 Å². The number of aromatic nitrogens is 2. The molecule has 0 fully saturated rings. The Balaban J connectivity index is 2.16. The molecule has 3 nitrogen and oxygen atoms in total. The standard InChI is InChI=1S/C14H18ClN3/c1-10(2)16-7-12-8-18(9-17-12)13-5-4-11(3)14(15)6-13/h4-6,8-10,16H,7H2,1-3H3. The Morgan fingerprint density at radius 3 is 2.83 bits per heavy atom. The first kappa shape index (κ1) is 13.1. The third-order valence-electron chi connectivity index (χ3n) is 2.78. The molecule has 96 valence electrons. The van der Waals surface area contributed by atoms with E-state index in [2.05, 4.69) is 24.1 Å². The molecule has 0 amide bonds. The van der Waals surface area contributed by atoms with Gasteiger partial charge in [-0.05, 0) is 24.6 Å². The van der Waals surface area contributed by atoms with Gasteiger partial charge >= 0.3 is 0 Å². The minimum Gasteiger partial charge on any atom is -0.309 e. The first-order chi connectivity index (χ1) is 8.56. The van der Waals surface area contributed by atoms with E-state index in [0.29, 0.717) is 6.04 Å². The van der Waals surface area contributed by atoms with Gasteiger partial charge in [-0.2, -0.15) is 0 Å². The molecule has 18 heavy (non-hydrogen) atoms. The van der Waals surface area contributed by atoms with Gasteiger partial charge in [0.05, 0.1) is 12.0 Å². The molecule has 2 aromatic rings. The summed E-state index contributed by atoms with van der Waals surface area (Å²) in [5, 5.41) is 4.13. The monoisotopic (exact) mass is 263 g/mol. The highest BCUT2D eigenvalue weighted by atomic mass is 35.5. The van der Waals surface area contributed by atoms with Crippen LogP contribution in [0.5, 0.6) is 0 Å². The van der Waals surface area contributed by atoms with Crippen molar-refractivity contribution in [3.63, 3.8) is 0 Å². The molecule has 0 aliphatic heterocycles. The normalized spacial score (nSPS) is 11.2. The van der Waals surface area contributed by atoms with Crippen molar-refractivity contribution in [3.05, 3.63) is 47.0 Å². The Hall–Kier alpha value is -1.32. The summed E-state index contributed by atoms with van der Waals surface area (Å²) in [5.41, 5.74) is 3.15. The fraction of sp³-hybridized carbons (Fsp3) is 0.357. The number of halogens is 1. The van der Waals surface area contributed by atoms with E-state index in [0.717, 1.165) is 28.5 Å². The highest BCUT2D eigenvalue weighted by Crippen LogP contribution is 2.19. The van der Waals surface area contributed by atoms with Crippen molar-refractivity contribution < 1.29 is 0 Å². The predicted molar refractivity (Wildman–Crippen MR) is 75.3 cm³/mol. The molecule has 0 radical (unpaired) electrons. The zero-order valence-corrected chi connectivity index (χ0v) is 11.7. The molecule has 1 heterocycles. The average molecular weight is 264 g/mol. The van der Waals surface area contributed by atoms with Crippen molar-refractivity contribution in [3.8, 4) is 5.69 Å². The number of aryl methyl sites for hydroxylation is 1. The van der Waals surface area contributed by atoms with E-state index in [-0.39, 0.29) is 0 Å². The van der Waals surface area contributed by atoms with Crippen LogP contribution in [-0.4, -0.2) is 15.6 Å². The van der Waals surface area contributed by atoms with Crippen LogP contribution >= 0.6 is 11.6 Å². The SMILES string of the molecule is Cc1ccc(-n2cnc(CNC(C)C)c2)cc1Cl. The number of benzene rings is 1. The van der Waals surface area contributed by atoms with Crippen molar-refractivity contribution >= 4 is 11.6 Å². The largest absolute Gasteiger partial charge is 0.309 e. The number of hydrogen-bond donors (Lipinski definition) is 1. The van der Waals surface area contributed by atoms with Crippen LogP contribution in [0, 0.1) is 6.92 Å². The number of imidazole rings is 1. The van der Waals surface area contributed by atoms with Gasteiger partial charge in [-0.15, -0.1) is 0 Å². The van der Waals surface area contributed by atoms with E-state index in [1.807, 2.05) is 42.2 Å². The molecule has 0 saturated heterocycles. The third kappa shape index (κ3) is 3.12. The van der Waals surface area contributed by atoms with Gasteiger partial charge in [-0.3, -0.25) is 0 Å². The van der Waals surface area contributed by atoms with Gasteiger partial charge in [0.2, 0.25) is 0 Å². The van der Waals surface area contributed by atoms with Crippen LogP contribution in [0.25, 0.3) is 5.69 Å². The third-order valence-corrected chi connectivity index (χ3v) is 3.19. The van der Waals surface area contributed by atoms with Gasteiger partial charge in [-0.25, -0.2) is 4.98 Å². The van der Waals surface area contributed by atoms with E-state index in [1.54, 1.807) is 0 Å². The molecule has 0 spiro atoms. The lowest BCUT2D eigenvalue weighted by atomic mass is 10.2. The molecule has 1 aromatic heterocycles. The van der Waals surface area contributed by atoms with Crippen LogP contribution in [0.2, 0.25) is 5.02 Å². The number of nitrogens with one attached hydrogen (secondary N) is 1. The second kappa shape index (κ2) is 5.55. The molecule has 0 saturated carbocycles. The average Bonchev–Trinajstić information content (AvgIpc) is 2.79. The molecule has 0 aliphatic carbocycles. The van der Waals surface area contributed by atoms with E-state index < -0.39 is 0 Å². The zero-order chi connectivity index (χ0) is 13.1. The Labute approximate surface area is 113 Å². The Kier molecular flexibility index (Phi) is 4.04. The molecule has 4 heteroatoms. The second-order valence-corrected chi connectivity index (χ2v) is 5.15.